The molecule has 3 N–H and O–H groups in total. The van der Waals surface area contributed by atoms with Gasteiger partial charge in [-0.2, -0.15) is 0 Å². The second kappa shape index (κ2) is 5.58. The van der Waals surface area contributed by atoms with Gasteiger partial charge in [0.1, 0.15) is 0 Å². The number of carbonyl (C=O) groups excluding carboxylic acids is 1. The van der Waals surface area contributed by atoms with Crippen LogP contribution in [0.1, 0.15) is 37.7 Å². The van der Waals surface area contributed by atoms with Crippen molar-refractivity contribution in [2.24, 2.45) is 5.73 Å². The van der Waals surface area contributed by atoms with E-state index in [1.807, 2.05) is 0 Å². The van der Waals surface area contributed by atoms with Crippen molar-refractivity contribution in [2.75, 3.05) is 5.32 Å². The highest BCUT2D eigenvalue weighted by Crippen LogP contribution is 2.29. The molecule has 1 aromatic rings. The average molecular weight is 277 g/mol. The number of nitrogens with zero attached hydrogens (tertiary/aromatic N) is 1. The van der Waals surface area contributed by atoms with Gasteiger partial charge in [0.05, 0.1) is 21.7 Å². The van der Waals surface area contributed by atoms with Crippen molar-refractivity contribution in [1.29, 1.82) is 0 Å². The molecular weight excluding hydrogens is 258 g/mol. The Kier molecular flexibility index (Phi) is 4.04. The number of nitro benzene ring substituents is 1. The highest BCUT2D eigenvalue weighted by molar-refractivity contribution is 5.98. The van der Waals surface area contributed by atoms with Crippen LogP contribution in [0.15, 0.2) is 18.2 Å². The maximum absolute atomic E-state index is 12.3. The van der Waals surface area contributed by atoms with Gasteiger partial charge in [0.2, 0.25) is 5.91 Å². The number of carbonyl (C=O) groups is 1. The lowest BCUT2D eigenvalue weighted by Crippen LogP contribution is -2.52. The van der Waals surface area contributed by atoms with E-state index >= 15 is 0 Å². The number of hydrogen-bond acceptors (Lipinski definition) is 4. The fourth-order valence-electron chi connectivity index (χ4n) is 2.61. The molecule has 20 heavy (non-hydrogen) atoms. The van der Waals surface area contributed by atoms with Gasteiger partial charge < -0.3 is 11.1 Å². The molecule has 1 aromatic carbocycles. The maximum atomic E-state index is 12.3. The van der Waals surface area contributed by atoms with Crippen molar-refractivity contribution in [3.63, 3.8) is 0 Å². The lowest BCUT2D eigenvalue weighted by Gasteiger charge is -2.31. The normalized spacial score (nSPS) is 17.5. The first kappa shape index (κ1) is 14.5. The van der Waals surface area contributed by atoms with Gasteiger partial charge in [-0.15, -0.1) is 0 Å². The van der Waals surface area contributed by atoms with Gasteiger partial charge in [-0.25, -0.2) is 0 Å². The third kappa shape index (κ3) is 2.80. The molecule has 0 saturated heterocycles. The number of nitrogens with one attached hydrogen (secondary N) is 1. The minimum Gasteiger partial charge on any atom is -0.324 e. The van der Waals surface area contributed by atoms with Gasteiger partial charge in [0, 0.05) is 6.07 Å². The first-order valence-corrected chi connectivity index (χ1v) is 6.78. The molecule has 1 saturated carbocycles. The van der Waals surface area contributed by atoms with E-state index in [0.717, 1.165) is 19.3 Å². The lowest BCUT2D eigenvalue weighted by molar-refractivity contribution is -0.385. The fourth-order valence-corrected chi connectivity index (χ4v) is 2.61. The van der Waals surface area contributed by atoms with Crippen LogP contribution < -0.4 is 11.1 Å². The molecule has 1 aliphatic carbocycles. The number of anilines is 1. The molecule has 0 heterocycles. The monoisotopic (exact) mass is 277 g/mol. The summed E-state index contributed by atoms with van der Waals surface area (Å²) in [5, 5.41) is 13.6. The summed E-state index contributed by atoms with van der Waals surface area (Å²) in [5.74, 6) is -0.249. The van der Waals surface area contributed by atoms with E-state index < -0.39 is 10.5 Å². The Morgan fingerprint density at radius 2 is 2.00 bits per heavy atom. The molecular formula is C14H19N3O3. The Labute approximate surface area is 117 Å². The van der Waals surface area contributed by atoms with Gasteiger partial charge in [0.25, 0.3) is 5.69 Å². The van der Waals surface area contributed by atoms with Crippen LogP contribution in [0.4, 0.5) is 11.4 Å². The van der Waals surface area contributed by atoms with E-state index in [9.17, 15) is 14.9 Å². The van der Waals surface area contributed by atoms with Crippen LogP contribution in [0.5, 0.6) is 0 Å². The Morgan fingerprint density at radius 1 is 1.35 bits per heavy atom. The van der Waals surface area contributed by atoms with E-state index in [1.165, 1.54) is 6.07 Å². The molecule has 1 amide bonds. The van der Waals surface area contributed by atoms with E-state index in [2.05, 4.69) is 5.32 Å². The molecule has 6 heteroatoms. The number of amides is 1. The van der Waals surface area contributed by atoms with Crippen LogP contribution in [-0.4, -0.2) is 16.4 Å². The first-order chi connectivity index (χ1) is 9.44. The molecule has 1 aliphatic rings. The molecule has 0 spiro atoms. The molecule has 6 nitrogen and oxygen atoms in total. The second-order valence-electron chi connectivity index (χ2n) is 5.38. The summed E-state index contributed by atoms with van der Waals surface area (Å²) in [6.45, 7) is 1.62. The van der Waals surface area contributed by atoms with Crippen molar-refractivity contribution in [2.45, 2.75) is 44.6 Å². The fraction of sp³-hybridized carbons (Fsp3) is 0.500. The summed E-state index contributed by atoms with van der Waals surface area (Å²) in [4.78, 5) is 22.8. The van der Waals surface area contributed by atoms with Crippen molar-refractivity contribution in [3.05, 3.63) is 33.9 Å². The largest absolute Gasteiger partial charge is 0.324 e. The zero-order valence-corrected chi connectivity index (χ0v) is 11.5. The second-order valence-corrected chi connectivity index (χ2v) is 5.38. The minimum atomic E-state index is -0.852. The van der Waals surface area contributed by atoms with E-state index in [1.54, 1.807) is 19.1 Å². The SMILES string of the molecule is Cc1c(NC(=O)C2(N)CCCCC2)cccc1[N+](=O)[O-]. The predicted octanol–water partition coefficient (Wildman–Crippen LogP) is 2.50. The zero-order chi connectivity index (χ0) is 14.8. The Hall–Kier alpha value is -1.95. The van der Waals surface area contributed by atoms with Gasteiger partial charge in [-0.3, -0.25) is 14.9 Å². The third-order valence-electron chi connectivity index (χ3n) is 3.95. The quantitative estimate of drug-likeness (QED) is 0.655. The van der Waals surface area contributed by atoms with Gasteiger partial charge in [0.15, 0.2) is 0 Å². The molecule has 0 unspecified atom stereocenters. The molecule has 1 fully saturated rings. The van der Waals surface area contributed by atoms with Gasteiger partial charge >= 0.3 is 0 Å². The number of benzene rings is 1. The molecule has 108 valence electrons. The van der Waals surface area contributed by atoms with Crippen molar-refractivity contribution in [3.8, 4) is 0 Å². The van der Waals surface area contributed by atoms with E-state index in [0.29, 0.717) is 24.1 Å². The third-order valence-corrected chi connectivity index (χ3v) is 3.95. The summed E-state index contributed by atoms with van der Waals surface area (Å²) in [6, 6.07) is 4.64. The van der Waals surface area contributed by atoms with E-state index in [-0.39, 0.29) is 11.6 Å². The Balaban J connectivity index is 2.19. The number of rotatable bonds is 3. The molecule has 0 aromatic heterocycles. The summed E-state index contributed by atoms with van der Waals surface area (Å²) < 4.78 is 0. The summed E-state index contributed by atoms with van der Waals surface area (Å²) in [5.41, 5.74) is 6.21. The van der Waals surface area contributed by atoms with Crippen LogP contribution in [0.3, 0.4) is 0 Å². The van der Waals surface area contributed by atoms with E-state index in [4.69, 9.17) is 5.73 Å². The molecule has 2 rings (SSSR count). The van der Waals surface area contributed by atoms with Crippen molar-refractivity contribution < 1.29 is 9.72 Å². The van der Waals surface area contributed by atoms with Gasteiger partial charge in [-0.1, -0.05) is 25.3 Å². The molecule has 0 radical (unpaired) electrons. The molecule has 0 aliphatic heterocycles. The molecule has 0 bridgehead atoms. The number of nitrogens with two attached hydrogens (primary N) is 1. The molecule has 0 atom stereocenters. The lowest BCUT2D eigenvalue weighted by atomic mass is 9.82. The number of hydrogen-bond donors (Lipinski definition) is 2. The summed E-state index contributed by atoms with van der Waals surface area (Å²) >= 11 is 0. The average Bonchev–Trinajstić information content (AvgIpc) is 2.41. The topological polar surface area (TPSA) is 98.3 Å². The standard InChI is InChI=1S/C14H19N3O3/c1-10-11(6-5-7-12(10)17(19)20)16-13(18)14(15)8-3-2-4-9-14/h5-7H,2-4,8-9,15H2,1H3,(H,16,18). The first-order valence-electron chi connectivity index (χ1n) is 6.78. The van der Waals surface area contributed by atoms with Crippen LogP contribution >= 0.6 is 0 Å². The van der Waals surface area contributed by atoms with Crippen LogP contribution in [0, 0.1) is 17.0 Å². The number of nitro groups is 1. The maximum Gasteiger partial charge on any atom is 0.274 e. The van der Waals surface area contributed by atoms with Crippen molar-refractivity contribution in [1.82, 2.24) is 0 Å². The van der Waals surface area contributed by atoms with Crippen molar-refractivity contribution >= 4 is 17.3 Å². The van der Waals surface area contributed by atoms with Crippen LogP contribution in [-0.2, 0) is 4.79 Å². The van der Waals surface area contributed by atoms with Gasteiger partial charge in [-0.05, 0) is 25.8 Å². The summed E-state index contributed by atoms with van der Waals surface area (Å²) in [7, 11) is 0. The Morgan fingerprint density at radius 3 is 2.60 bits per heavy atom. The smallest absolute Gasteiger partial charge is 0.274 e. The van der Waals surface area contributed by atoms with Crippen LogP contribution in [0.2, 0.25) is 0 Å². The highest BCUT2D eigenvalue weighted by atomic mass is 16.6. The predicted molar refractivity (Wildman–Crippen MR) is 76.5 cm³/mol. The van der Waals surface area contributed by atoms with Crippen LogP contribution in [0.25, 0.3) is 0 Å². The minimum absolute atomic E-state index is 0.00230. The zero-order valence-electron chi connectivity index (χ0n) is 11.5. The summed E-state index contributed by atoms with van der Waals surface area (Å²) in [6.07, 6.45) is 4.30. The highest BCUT2D eigenvalue weighted by Gasteiger charge is 2.35. The Bertz CT molecular complexity index is 536.